The van der Waals surface area contributed by atoms with Gasteiger partial charge in [-0.05, 0) is 32.6 Å². The van der Waals surface area contributed by atoms with Crippen LogP contribution in [0.4, 0.5) is 4.79 Å². The molecule has 0 bridgehead atoms. The molecule has 0 heterocycles. The molecule has 112 valence electrons. The van der Waals surface area contributed by atoms with E-state index in [4.69, 9.17) is 9.84 Å². The number of carbonyl (C=O) groups is 2. The Morgan fingerprint density at radius 1 is 1.16 bits per heavy atom. The fraction of sp³-hybridized carbons (Fsp3) is 0.857. The highest BCUT2D eigenvalue weighted by molar-refractivity contribution is 5.70. The van der Waals surface area contributed by atoms with Crippen LogP contribution in [0.15, 0.2) is 0 Å². The Morgan fingerprint density at radius 3 is 1.95 bits per heavy atom. The Kier molecular flexibility index (Phi) is 5.84. The SMILES string of the molecule is CC(CC(NC(=O)OC(C)(C)C)C(C)(C)C)C(=O)O. The third kappa shape index (κ3) is 7.70. The van der Waals surface area contributed by atoms with Gasteiger partial charge in [0.05, 0.1) is 5.92 Å². The van der Waals surface area contributed by atoms with Crippen molar-refractivity contribution in [3.63, 3.8) is 0 Å². The van der Waals surface area contributed by atoms with Crippen LogP contribution >= 0.6 is 0 Å². The van der Waals surface area contributed by atoms with E-state index < -0.39 is 23.6 Å². The fourth-order valence-electron chi connectivity index (χ4n) is 1.53. The predicted octanol–water partition coefficient (Wildman–Crippen LogP) is 3.04. The van der Waals surface area contributed by atoms with Crippen LogP contribution in [0.25, 0.3) is 0 Å². The molecule has 2 N–H and O–H groups in total. The van der Waals surface area contributed by atoms with E-state index in [1.165, 1.54) is 0 Å². The number of alkyl carbamates (subject to hydrolysis) is 1. The number of rotatable bonds is 4. The van der Waals surface area contributed by atoms with Gasteiger partial charge in [-0.15, -0.1) is 0 Å². The Balaban J connectivity index is 4.71. The van der Waals surface area contributed by atoms with Gasteiger partial charge in [-0.1, -0.05) is 27.7 Å². The summed E-state index contributed by atoms with van der Waals surface area (Å²) in [4.78, 5) is 22.7. The van der Waals surface area contributed by atoms with E-state index in [-0.39, 0.29) is 11.5 Å². The Labute approximate surface area is 115 Å². The lowest BCUT2D eigenvalue weighted by molar-refractivity contribution is -0.141. The van der Waals surface area contributed by atoms with Crippen LogP contribution in [-0.4, -0.2) is 28.8 Å². The van der Waals surface area contributed by atoms with E-state index in [0.29, 0.717) is 6.42 Å². The molecule has 1 amide bonds. The van der Waals surface area contributed by atoms with Gasteiger partial charge >= 0.3 is 12.1 Å². The molecule has 2 unspecified atom stereocenters. The maximum atomic E-state index is 11.8. The van der Waals surface area contributed by atoms with Crippen molar-refractivity contribution < 1.29 is 19.4 Å². The number of amides is 1. The summed E-state index contributed by atoms with van der Waals surface area (Å²) >= 11 is 0. The number of carboxylic acid groups (broad SMARTS) is 1. The average molecular weight is 273 g/mol. The lowest BCUT2D eigenvalue weighted by Crippen LogP contribution is -2.47. The van der Waals surface area contributed by atoms with E-state index in [0.717, 1.165) is 0 Å². The first kappa shape index (κ1) is 17.7. The molecule has 0 saturated heterocycles. The topological polar surface area (TPSA) is 75.6 Å². The lowest BCUT2D eigenvalue weighted by atomic mass is 9.82. The molecular formula is C14H27NO4. The molecule has 2 atom stereocenters. The molecular weight excluding hydrogens is 246 g/mol. The van der Waals surface area contributed by atoms with Gasteiger partial charge in [0, 0.05) is 6.04 Å². The Morgan fingerprint density at radius 2 is 1.63 bits per heavy atom. The van der Waals surface area contributed by atoms with E-state index in [2.05, 4.69) is 5.32 Å². The monoisotopic (exact) mass is 273 g/mol. The molecule has 0 aliphatic rings. The Bertz CT molecular complexity index is 325. The zero-order valence-corrected chi connectivity index (χ0v) is 13.0. The summed E-state index contributed by atoms with van der Waals surface area (Å²) < 4.78 is 5.21. The van der Waals surface area contributed by atoms with Crippen molar-refractivity contribution in [2.75, 3.05) is 0 Å². The molecule has 0 spiro atoms. The van der Waals surface area contributed by atoms with E-state index in [1.807, 2.05) is 20.8 Å². The van der Waals surface area contributed by atoms with Crippen molar-refractivity contribution in [3.8, 4) is 0 Å². The summed E-state index contributed by atoms with van der Waals surface area (Å²) in [6.07, 6.45) is -0.136. The van der Waals surface area contributed by atoms with Gasteiger partial charge in [-0.2, -0.15) is 0 Å². The molecule has 0 radical (unpaired) electrons. The number of ether oxygens (including phenoxy) is 1. The minimum Gasteiger partial charge on any atom is -0.481 e. The van der Waals surface area contributed by atoms with Crippen molar-refractivity contribution in [1.29, 1.82) is 0 Å². The third-order valence-electron chi connectivity index (χ3n) is 2.75. The summed E-state index contributed by atoms with van der Waals surface area (Å²) in [5.74, 6) is -1.38. The largest absolute Gasteiger partial charge is 0.481 e. The van der Waals surface area contributed by atoms with Crippen LogP contribution in [0.1, 0.15) is 54.9 Å². The number of nitrogens with one attached hydrogen (secondary N) is 1. The number of carbonyl (C=O) groups excluding carboxylic acids is 1. The molecule has 0 aromatic heterocycles. The number of aliphatic carboxylic acids is 1. The van der Waals surface area contributed by atoms with E-state index >= 15 is 0 Å². The third-order valence-corrected chi connectivity index (χ3v) is 2.75. The van der Waals surface area contributed by atoms with Crippen molar-refractivity contribution in [2.24, 2.45) is 11.3 Å². The zero-order chi connectivity index (χ0) is 15.4. The van der Waals surface area contributed by atoms with Gasteiger partial charge < -0.3 is 15.2 Å². The highest BCUT2D eigenvalue weighted by Crippen LogP contribution is 2.25. The standard InChI is InChI=1S/C14H27NO4/c1-9(11(16)17)8-10(13(2,3)4)15-12(18)19-14(5,6)7/h9-10H,8H2,1-7H3,(H,15,18)(H,16,17). The second kappa shape index (κ2) is 6.26. The summed E-state index contributed by atoms with van der Waals surface area (Å²) in [6, 6.07) is -0.256. The van der Waals surface area contributed by atoms with Gasteiger partial charge in [0.2, 0.25) is 0 Å². The van der Waals surface area contributed by atoms with Crippen LogP contribution in [0.3, 0.4) is 0 Å². The highest BCUT2D eigenvalue weighted by Gasteiger charge is 2.31. The predicted molar refractivity (Wildman–Crippen MR) is 74.0 cm³/mol. The maximum Gasteiger partial charge on any atom is 0.407 e. The van der Waals surface area contributed by atoms with Crippen LogP contribution in [0.5, 0.6) is 0 Å². The molecule has 5 nitrogen and oxygen atoms in total. The smallest absolute Gasteiger partial charge is 0.407 e. The normalized spacial score (nSPS) is 15.5. The van der Waals surface area contributed by atoms with Gasteiger partial charge in [0.25, 0.3) is 0 Å². The number of hydrogen-bond donors (Lipinski definition) is 2. The molecule has 0 aliphatic heterocycles. The van der Waals surface area contributed by atoms with Crippen molar-refractivity contribution in [2.45, 2.75) is 66.5 Å². The molecule has 5 heteroatoms. The molecule has 0 rings (SSSR count). The van der Waals surface area contributed by atoms with Gasteiger partial charge in [0.1, 0.15) is 5.60 Å². The van der Waals surface area contributed by atoms with Crippen LogP contribution in [0, 0.1) is 11.3 Å². The van der Waals surface area contributed by atoms with Crippen LogP contribution in [0.2, 0.25) is 0 Å². The van der Waals surface area contributed by atoms with E-state index in [1.54, 1.807) is 27.7 Å². The quantitative estimate of drug-likeness (QED) is 0.825. The number of carboxylic acids is 1. The molecule has 0 saturated carbocycles. The number of hydrogen-bond acceptors (Lipinski definition) is 3. The maximum absolute atomic E-state index is 11.8. The van der Waals surface area contributed by atoms with Crippen LogP contribution < -0.4 is 5.32 Å². The summed E-state index contributed by atoms with van der Waals surface area (Å²) in [7, 11) is 0. The van der Waals surface area contributed by atoms with Crippen molar-refractivity contribution in [1.82, 2.24) is 5.32 Å². The Hall–Kier alpha value is -1.26. The first-order valence-electron chi connectivity index (χ1n) is 6.55. The van der Waals surface area contributed by atoms with Crippen LogP contribution in [-0.2, 0) is 9.53 Å². The first-order valence-corrected chi connectivity index (χ1v) is 6.55. The summed E-state index contributed by atoms with van der Waals surface area (Å²) in [6.45, 7) is 12.9. The molecule has 19 heavy (non-hydrogen) atoms. The summed E-state index contributed by atoms with van der Waals surface area (Å²) in [5, 5.41) is 11.7. The van der Waals surface area contributed by atoms with Gasteiger partial charge in [-0.3, -0.25) is 4.79 Å². The zero-order valence-electron chi connectivity index (χ0n) is 13.0. The first-order chi connectivity index (χ1) is 8.33. The minimum atomic E-state index is -0.861. The molecule has 0 aromatic rings. The second-order valence-electron chi connectivity index (χ2n) is 7.04. The lowest BCUT2D eigenvalue weighted by Gasteiger charge is -2.33. The molecule has 0 aromatic carbocycles. The second-order valence-corrected chi connectivity index (χ2v) is 7.04. The van der Waals surface area contributed by atoms with Gasteiger partial charge in [0.15, 0.2) is 0 Å². The highest BCUT2D eigenvalue weighted by atomic mass is 16.6. The van der Waals surface area contributed by atoms with Crippen molar-refractivity contribution >= 4 is 12.1 Å². The van der Waals surface area contributed by atoms with Crippen molar-refractivity contribution in [3.05, 3.63) is 0 Å². The average Bonchev–Trinajstić information content (AvgIpc) is 2.11. The minimum absolute atomic E-state index is 0.236. The van der Waals surface area contributed by atoms with Gasteiger partial charge in [-0.25, -0.2) is 4.79 Å². The molecule has 0 aliphatic carbocycles. The fourth-order valence-corrected chi connectivity index (χ4v) is 1.53. The van der Waals surface area contributed by atoms with E-state index in [9.17, 15) is 9.59 Å². The summed E-state index contributed by atoms with van der Waals surface area (Å²) in [5.41, 5.74) is -0.800. The molecule has 0 fully saturated rings.